The van der Waals surface area contributed by atoms with Crippen molar-refractivity contribution in [2.45, 2.75) is 11.6 Å². The summed E-state index contributed by atoms with van der Waals surface area (Å²) in [6.45, 7) is -0.348. The van der Waals surface area contributed by atoms with E-state index in [0.717, 1.165) is 17.1 Å². The van der Waals surface area contributed by atoms with E-state index >= 15 is 0 Å². The third-order valence-electron chi connectivity index (χ3n) is 1.18. The van der Waals surface area contributed by atoms with Gasteiger partial charge in [0, 0.05) is 16.9 Å². The second kappa shape index (κ2) is 3.35. The predicted octanol–water partition coefficient (Wildman–Crippen LogP) is -0.105. The van der Waals surface area contributed by atoms with Gasteiger partial charge in [0.15, 0.2) is 5.03 Å². The molecule has 1 aromatic heterocycles. The Morgan fingerprint density at radius 2 is 2.31 bits per heavy atom. The minimum atomic E-state index is -3.87. The SMILES string of the molecule is O=C(O)Cn1cnc(S(=O)(=O)Cl)c1. The summed E-state index contributed by atoms with van der Waals surface area (Å²) in [6.07, 6.45) is 2.14. The number of carboxylic acid groups (broad SMARTS) is 1. The predicted molar refractivity (Wildman–Crippen MR) is 42.9 cm³/mol. The smallest absolute Gasteiger partial charge is 0.323 e. The minimum absolute atomic E-state index is 0.348. The summed E-state index contributed by atoms with van der Waals surface area (Å²) >= 11 is 0. The summed E-state index contributed by atoms with van der Waals surface area (Å²) in [5.74, 6) is -1.09. The maximum absolute atomic E-state index is 10.7. The lowest BCUT2D eigenvalue weighted by Gasteiger charge is -1.92. The highest BCUT2D eigenvalue weighted by Crippen LogP contribution is 2.10. The molecular formula is C5H5ClN2O4S. The van der Waals surface area contributed by atoms with Crippen molar-refractivity contribution in [3.05, 3.63) is 12.5 Å². The van der Waals surface area contributed by atoms with Crippen molar-refractivity contribution in [1.82, 2.24) is 9.55 Å². The van der Waals surface area contributed by atoms with Gasteiger partial charge in [0.05, 0.1) is 6.33 Å². The molecule has 0 aliphatic carbocycles. The van der Waals surface area contributed by atoms with Crippen LogP contribution in [0.4, 0.5) is 0 Å². The molecule has 8 heteroatoms. The van der Waals surface area contributed by atoms with Crippen molar-refractivity contribution in [2.24, 2.45) is 0 Å². The van der Waals surface area contributed by atoms with Crippen LogP contribution in [0.25, 0.3) is 0 Å². The van der Waals surface area contributed by atoms with Crippen LogP contribution >= 0.6 is 10.7 Å². The van der Waals surface area contributed by atoms with Gasteiger partial charge in [-0.2, -0.15) is 0 Å². The molecule has 6 nitrogen and oxygen atoms in total. The third kappa shape index (κ3) is 2.71. The number of halogens is 1. The molecule has 0 aromatic carbocycles. The first-order valence-electron chi connectivity index (χ1n) is 3.08. The molecule has 0 amide bonds. The Morgan fingerprint density at radius 3 is 2.69 bits per heavy atom. The maximum Gasteiger partial charge on any atom is 0.323 e. The largest absolute Gasteiger partial charge is 0.480 e. The first-order valence-corrected chi connectivity index (χ1v) is 5.39. The van der Waals surface area contributed by atoms with Crippen LogP contribution in [-0.2, 0) is 20.4 Å². The van der Waals surface area contributed by atoms with Gasteiger partial charge in [0.25, 0.3) is 9.05 Å². The lowest BCUT2D eigenvalue weighted by molar-refractivity contribution is -0.137. The molecule has 0 saturated carbocycles. The Labute approximate surface area is 78.2 Å². The average molecular weight is 225 g/mol. The molecule has 1 aromatic rings. The molecule has 13 heavy (non-hydrogen) atoms. The number of hydrogen-bond acceptors (Lipinski definition) is 4. The molecule has 0 unspecified atom stereocenters. The highest BCUT2D eigenvalue weighted by molar-refractivity contribution is 8.13. The van der Waals surface area contributed by atoms with Gasteiger partial charge in [0.2, 0.25) is 0 Å². The van der Waals surface area contributed by atoms with E-state index < -0.39 is 15.0 Å². The molecule has 0 saturated heterocycles. The van der Waals surface area contributed by atoms with Crippen LogP contribution in [0, 0.1) is 0 Å². The summed E-state index contributed by atoms with van der Waals surface area (Å²) < 4.78 is 22.5. The topological polar surface area (TPSA) is 89.3 Å². The normalized spacial score (nSPS) is 11.5. The molecule has 0 aliphatic heterocycles. The fraction of sp³-hybridized carbons (Fsp3) is 0.200. The molecular weight excluding hydrogens is 220 g/mol. The summed E-state index contributed by atoms with van der Waals surface area (Å²) in [7, 11) is 1.09. The van der Waals surface area contributed by atoms with Gasteiger partial charge < -0.3 is 9.67 Å². The second-order valence-electron chi connectivity index (χ2n) is 2.22. The molecule has 72 valence electrons. The molecule has 0 bridgehead atoms. The van der Waals surface area contributed by atoms with E-state index in [0.29, 0.717) is 0 Å². The van der Waals surface area contributed by atoms with E-state index in [1.54, 1.807) is 0 Å². The van der Waals surface area contributed by atoms with Crippen molar-refractivity contribution in [2.75, 3.05) is 0 Å². The van der Waals surface area contributed by atoms with E-state index in [2.05, 4.69) is 4.98 Å². The molecule has 1 N–H and O–H groups in total. The summed E-state index contributed by atoms with van der Waals surface area (Å²) in [4.78, 5) is 13.6. The Morgan fingerprint density at radius 1 is 1.69 bits per heavy atom. The van der Waals surface area contributed by atoms with Gasteiger partial charge in [-0.15, -0.1) is 0 Å². The zero-order valence-corrected chi connectivity index (χ0v) is 7.79. The molecule has 0 aliphatic rings. The van der Waals surface area contributed by atoms with E-state index in [9.17, 15) is 13.2 Å². The standard InChI is InChI=1S/C5H5ClN2O4S/c6-13(11,12)4-1-8(3-7-4)2-5(9)10/h1,3H,2H2,(H,9,10). The van der Waals surface area contributed by atoms with Crippen LogP contribution in [0.1, 0.15) is 0 Å². The summed E-state index contributed by atoms with van der Waals surface area (Å²) in [5.41, 5.74) is 0. The summed E-state index contributed by atoms with van der Waals surface area (Å²) in [5, 5.41) is 8.00. The van der Waals surface area contributed by atoms with Crippen molar-refractivity contribution in [3.8, 4) is 0 Å². The van der Waals surface area contributed by atoms with Crippen molar-refractivity contribution in [1.29, 1.82) is 0 Å². The lowest BCUT2D eigenvalue weighted by Crippen LogP contribution is -2.06. The number of hydrogen-bond donors (Lipinski definition) is 1. The third-order valence-corrected chi connectivity index (χ3v) is 2.36. The van der Waals surface area contributed by atoms with Crippen molar-refractivity contribution >= 4 is 25.7 Å². The Bertz CT molecular complexity index is 423. The molecule has 1 heterocycles. The zero-order chi connectivity index (χ0) is 10.1. The zero-order valence-electron chi connectivity index (χ0n) is 6.21. The highest BCUT2D eigenvalue weighted by atomic mass is 35.7. The van der Waals surface area contributed by atoms with Gasteiger partial charge in [-0.3, -0.25) is 4.79 Å². The number of aromatic nitrogens is 2. The number of rotatable bonds is 3. The molecule has 0 atom stereocenters. The second-order valence-corrected chi connectivity index (χ2v) is 4.73. The number of aliphatic carboxylic acids is 1. The molecule has 0 radical (unpaired) electrons. The number of carbonyl (C=O) groups is 1. The first-order chi connectivity index (χ1) is 5.89. The van der Waals surface area contributed by atoms with Gasteiger partial charge in [0.1, 0.15) is 6.54 Å². The maximum atomic E-state index is 10.7. The van der Waals surface area contributed by atoms with Gasteiger partial charge >= 0.3 is 5.97 Å². The number of nitrogens with zero attached hydrogens (tertiary/aromatic N) is 2. The molecule has 0 fully saturated rings. The van der Waals surface area contributed by atoms with Crippen LogP contribution < -0.4 is 0 Å². The quantitative estimate of drug-likeness (QED) is 0.724. The number of imidazole rings is 1. The van der Waals surface area contributed by atoms with Crippen molar-refractivity contribution < 1.29 is 18.3 Å². The van der Waals surface area contributed by atoms with Crippen LogP contribution in [0.5, 0.6) is 0 Å². The summed E-state index contributed by atoms with van der Waals surface area (Å²) in [6, 6.07) is 0. The molecule has 1 rings (SSSR count). The number of carboxylic acids is 1. The van der Waals surface area contributed by atoms with E-state index in [1.807, 2.05) is 0 Å². The Kier molecular flexibility index (Phi) is 2.58. The fourth-order valence-electron chi connectivity index (χ4n) is 0.708. The van der Waals surface area contributed by atoms with Crippen LogP contribution in [0.3, 0.4) is 0 Å². The highest BCUT2D eigenvalue weighted by Gasteiger charge is 2.13. The molecule has 0 spiro atoms. The Balaban J connectivity index is 2.94. The van der Waals surface area contributed by atoms with Gasteiger partial charge in [-0.05, 0) is 0 Å². The average Bonchev–Trinajstić information content (AvgIpc) is 2.32. The van der Waals surface area contributed by atoms with Gasteiger partial charge in [-0.25, -0.2) is 13.4 Å². The monoisotopic (exact) mass is 224 g/mol. The van der Waals surface area contributed by atoms with Crippen molar-refractivity contribution in [3.63, 3.8) is 0 Å². The fourth-order valence-corrected chi connectivity index (χ4v) is 1.38. The van der Waals surface area contributed by atoms with Crippen LogP contribution in [0.15, 0.2) is 17.6 Å². The minimum Gasteiger partial charge on any atom is -0.480 e. The van der Waals surface area contributed by atoms with E-state index in [1.165, 1.54) is 0 Å². The van der Waals surface area contributed by atoms with Crippen LogP contribution in [0.2, 0.25) is 0 Å². The lowest BCUT2D eigenvalue weighted by atomic mass is 10.6. The van der Waals surface area contributed by atoms with E-state index in [-0.39, 0.29) is 11.6 Å². The Hall–Kier alpha value is -1.08. The van der Waals surface area contributed by atoms with Gasteiger partial charge in [-0.1, -0.05) is 0 Å². The van der Waals surface area contributed by atoms with Crippen LogP contribution in [-0.4, -0.2) is 29.0 Å². The first kappa shape index (κ1) is 10.0. The van der Waals surface area contributed by atoms with E-state index in [4.69, 9.17) is 15.8 Å².